The molecule has 8 nitrogen and oxygen atoms in total. The molecular formula is C19H25FN6O2. The van der Waals surface area contributed by atoms with Crippen molar-refractivity contribution in [3.8, 4) is 0 Å². The van der Waals surface area contributed by atoms with Gasteiger partial charge in [-0.15, -0.1) is 5.10 Å². The standard InChI is InChI=1S/C10H11FN2O.C9H14N4O/c1-6-4-7(11)10-8(5-6)12-3-2-9(14)13-10;10-8(14)9-11-7(12-13-9)5-6-3-1-2-4-6/h4-5,12H,2-3H2,1H3,(H,13,14);6H,1-5H2,(H2,10,14)(H,11,12,13). The molecule has 0 unspecified atom stereocenters. The number of H-pyrrole nitrogens is 1. The first-order chi connectivity index (χ1) is 13.4. The van der Waals surface area contributed by atoms with Gasteiger partial charge in [-0.3, -0.25) is 14.7 Å². The monoisotopic (exact) mass is 388 g/mol. The number of amides is 2. The molecule has 2 amide bonds. The molecule has 1 fully saturated rings. The number of nitrogens with two attached hydrogens (primary N) is 1. The van der Waals surface area contributed by atoms with Crippen molar-refractivity contribution in [1.82, 2.24) is 15.2 Å². The van der Waals surface area contributed by atoms with E-state index in [0.29, 0.717) is 24.6 Å². The molecule has 0 bridgehead atoms. The Bertz CT molecular complexity index is 860. The fraction of sp³-hybridized carbons (Fsp3) is 0.474. The largest absolute Gasteiger partial charge is 0.383 e. The maximum atomic E-state index is 13.4. The molecule has 1 aliphatic carbocycles. The van der Waals surface area contributed by atoms with Crippen molar-refractivity contribution < 1.29 is 14.0 Å². The van der Waals surface area contributed by atoms with Crippen LogP contribution in [0.25, 0.3) is 0 Å². The molecular weight excluding hydrogens is 363 g/mol. The minimum atomic E-state index is -0.570. The highest BCUT2D eigenvalue weighted by atomic mass is 19.1. The van der Waals surface area contributed by atoms with Crippen LogP contribution in [0.4, 0.5) is 15.8 Å². The summed E-state index contributed by atoms with van der Waals surface area (Å²) in [5.41, 5.74) is 6.81. The molecule has 1 aromatic heterocycles. The molecule has 2 aliphatic rings. The summed E-state index contributed by atoms with van der Waals surface area (Å²) in [5, 5.41) is 12.1. The molecule has 2 heterocycles. The number of benzene rings is 1. The lowest BCUT2D eigenvalue weighted by Gasteiger charge is -2.09. The highest BCUT2D eigenvalue weighted by Crippen LogP contribution is 2.28. The van der Waals surface area contributed by atoms with E-state index in [9.17, 15) is 14.0 Å². The maximum absolute atomic E-state index is 13.4. The van der Waals surface area contributed by atoms with Gasteiger partial charge in [0.2, 0.25) is 11.7 Å². The normalized spacial score (nSPS) is 16.3. The van der Waals surface area contributed by atoms with Crippen molar-refractivity contribution in [1.29, 1.82) is 0 Å². The number of nitrogens with one attached hydrogen (secondary N) is 3. The summed E-state index contributed by atoms with van der Waals surface area (Å²) < 4.78 is 13.4. The van der Waals surface area contributed by atoms with Crippen LogP contribution in [0.2, 0.25) is 0 Å². The molecule has 1 aromatic carbocycles. The Kier molecular flexibility index (Phi) is 6.23. The first kappa shape index (κ1) is 19.8. The molecule has 4 rings (SSSR count). The van der Waals surface area contributed by atoms with Gasteiger partial charge < -0.3 is 16.4 Å². The Morgan fingerprint density at radius 3 is 2.75 bits per heavy atom. The third kappa shape index (κ3) is 5.05. The Balaban J connectivity index is 0.000000161. The quantitative estimate of drug-likeness (QED) is 0.643. The lowest BCUT2D eigenvalue weighted by molar-refractivity contribution is -0.115. The number of hydrogen-bond acceptors (Lipinski definition) is 5. The average Bonchev–Trinajstić information content (AvgIpc) is 3.27. The van der Waals surface area contributed by atoms with Crippen LogP contribution >= 0.6 is 0 Å². The van der Waals surface area contributed by atoms with Crippen LogP contribution in [-0.2, 0) is 11.2 Å². The van der Waals surface area contributed by atoms with Gasteiger partial charge in [0.05, 0.1) is 5.69 Å². The van der Waals surface area contributed by atoms with Gasteiger partial charge in [0.25, 0.3) is 5.91 Å². The van der Waals surface area contributed by atoms with E-state index in [1.54, 1.807) is 0 Å². The van der Waals surface area contributed by atoms with Crippen LogP contribution in [0.15, 0.2) is 12.1 Å². The molecule has 150 valence electrons. The van der Waals surface area contributed by atoms with Gasteiger partial charge in [-0.25, -0.2) is 9.37 Å². The Hall–Kier alpha value is -2.97. The fourth-order valence-electron chi connectivity index (χ4n) is 3.51. The van der Waals surface area contributed by atoms with Crippen LogP contribution < -0.4 is 16.4 Å². The number of aromatic amines is 1. The van der Waals surface area contributed by atoms with E-state index in [-0.39, 0.29) is 23.2 Å². The molecule has 0 spiro atoms. The average molecular weight is 388 g/mol. The van der Waals surface area contributed by atoms with Crippen molar-refractivity contribution in [2.75, 3.05) is 17.2 Å². The second-order valence-corrected chi connectivity index (χ2v) is 7.22. The number of anilines is 2. The number of rotatable bonds is 3. The minimum Gasteiger partial charge on any atom is -0.383 e. The second-order valence-electron chi connectivity index (χ2n) is 7.22. The summed E-state index contributed by atoms with van der Waals surface area (Å²) >= 11 is 0. The van der Waals surface area contributed by atoms with Gasteiger partial charge >= 0.3 is 0 Å². The van der Waals surface area contributed by atoms with E-state index in [1.807, 2.05) is 13.0 Å². The van der Waals surface area contributed by atoms with Crippen molar-refractivity contribution in [2.24, 2.45) is 11.7 Å². The lowest BCUT2D eigenvalue weighted by Crippen LogP contribution is -2.13. The summed E-state index contributed by atoms with van der Waals surface area (Å²) in [4.78, 5) is 25.9. The van der Waals surface area contributed by atoms with E-state index < -0.39 is 5.91 Å². The highest BCUT2D eigenvalue weighted by Gasteiger charge is 2.18. The third-order valence-corrected chi connectivity index (χ3v) is 4.88. The zero-order valence-corrected chi connectivity index (χ0v) is 15.8. The highest BCUT2D eigenvalue weighted by molar-refractivity contribution is 5.96. The number of carbonyl (C=O) groups excluding carboxylic acids is 2. The van der Waals surface area contributed by atoms with Gasteiger partial charge in [-0.05, 0) is 30.5 Å². The Morgan fingerprint density at radius 1 is 1.32 bits per heavy atom. The van der Waals surface area contributed by atoms with Crippen molar-refractivity contribution in [3.63, 3.8) is 0 Å². The molecule has 2 aromatic rings. The fourth-order valence-corrected chi connectivity index (χ4v) is 3.51. The smallest absolute Gasteiger partial charge is 0.288 e. The Morgan fingerprint density at radius 2 is 2.07 bits per heavy atom. The van der Waals surface area contributed by atoms with Crippen LogP contribution in [0.3, 0.4) is 0 Å². The molecule has 1 saturated carbocycles. The van der Waals surface area contributed by atoms with E-state index >= 15 is 0 Å². The summed E-state index contributed by atoms with van der Waals surface area (Å²) in [6.45, 7) is 2.36. The number of aromatic nitrogens is 3. The van der Waals surface area contributed by atoms with Crippen LogP contribution in [0, 0.1) is 18.7 Å². The summed E-state index contributed by atoms with van der Waals surface area (Å²) in [6, 6.07) is 3.23. The van der Waals surface area contributed by atoms with Gasteiger partial charge in [0.1, 0.15) is 17.3 Å². The number of primary amides is 1. The SMILES string of the molecule is Cc1cc(F)c2c(c1)NCCC(=O)N2.NC(=O)c1n[nH]c(CC2CCCC2)n1. The molecule has 28 heavy (non-hydrogen) atoms. The number of fused-ring (bicyclic) bond motifs is 1. The number of carbonyl (C=O) groups is 2. The summed E-state index contributed by atoms with van der Waals surface area (Å²) in [7, 11) is 0. The van der Waals surface area contributed by atoms with Crippen molar-refractivity contribution in [2.45, 2.75) is 45.4 Å². The van der Waals surface area contributed by atoms with Gasteiger partial charge in [0, 0.05) is 19.4 Å². The summed E-state index contributed by atoms with van der Waals surface area (Å²) in [6.07, 6.45) is 6.38. The third-order valence-electron chi connectivity index (χ3n) is 4.88. The number of aryl methyl sites for hydroxylation is 1. The Labute approximate surface area is 162 Å². The van der Waals surface area contributed by atoms with Crippen molar-refractivity contribution in [3.05, 3.63) is 35.2 Å². The van der Waals surface area contributed by atoms with E-state index in [2.05, 4.69) is 25.8 Å². The zero-order chi connectivity index (χ0) is 20.1. The minimum absolute atomic E-state index is 0.0954. The van der Waals surface area contributed by atoms with Crippen LogP contribution in [-0.4, -0.2) is 33.5 Å². The van der Waals surface area contributed by atoms with E-state index in [0.717, 1.165) is 17.8 Å². The second kappa shape index (κ2) is 8.81. The van der Waals surface area contributed by atoms with Crippen molar-refractivity contribution >= 4 is 23.2 Å². The van der Waals surface area contributed by atoms with E-state index in [4.69, 9.17) is 5.73 Å². The molecule has 0 atom stereocenters. The maximum Gasteiger partial charge on any atom is 0.288 e. The zero-order valence-electron chi connectivity index (χ0n) is 15.8. The molecule has 1 aliphatic heterocycles. The van der Waals surface area contributed by atoms with Gasteiger partial charge in [-0.1, -0.05) is 25.7 Å². The molecule has 5 N–H and O–H groups in total. The lowest BCUT2D eigenvalue weighted by atomic mass is 10.0. The first-order valence-electron chi connectivity index (χ1n) is 9.47. The predicted molar refractivity (Wildman–Crippen MR) is 103 cm³/mol. The predicted octanol–water partition coefficient (Wildman–Crippen LogP) is 2.52. The van der Waals surface area contributed by atoms with Gasteiger partial charge in [0.15, 0.2) is 0 Å². The van der Waals surface area contributed by atoms with Crippen LogP contribution in [0.1, 0.15) is 54.1 Å². The van der Waals surface area contributed by atoms with E-state index in [1.165, 1.54) is 31.7 Å². The van der Waals surface area contributed by atoms with Crippen LogP contribution in [0.5, 0.6) is 0 Å². The molecule has 0 saturated heterocycles. The molecule has 0 radical (unpaired) electrons. The topological polar surface area (TPSA) is 126 Å². The first-order valence-corrected chi connectivity index (χ1v) is 9.47. The molecule has 9 heteroatoms. The number of halogens is 1. The number of hydrogen-bond donors (Lipinski definition) is 4. The number of nitrogens with zero attached hydrogens (tertiary/aromatic N) is 2. The van der Waals surface area contributed by atoms with Gasteiger partial charge in [-0.2, -0.15) is 0 Å². The summed E-state index contributed by atoms with van der Waals surface area (Å²) in [5.74, 6) is 0.466.